The van der Waals surface area contributed by atoms with Gasteiger partial charge in [0.05, 0.1) is 15.2 Å². The van der Waals surface area contributed by atoms with Gasteiger partial charge in [-0.1, -0.05) is 0 Å². The molecule has 1 aromatic carbocycles. The standard InChI is InChI=1S/C14H14N4OS/c1-8-7-18(3)17-13(8)14(19)16-10-4-5-11-12(6-10)20-9(2)15-11/h4-7H,1-3H3,(H,16,19). The Hall–Kier alpha value is -2.21. The zero-order chi connectivity index (χ0) is 14.3. The van der Waals surface area contributed by atoms with Crippen molar-refractivity contribution in [2.75, 3.05) is 5.32 Å². The normalized spacial score (nSPS) is 10.9. The Labute approximate surface area is 120 Å². The van der Waals surface area contributed by atoms with Crippen LogP contribution in [0.4, 0.5) is 5.69 Å². The van der Waals surface area contributed by atoms with Crippen molar-refractivity contribution < 1.29 is 4.79 Å². The van der Waals surface area contributed by atoms with Gasteiger partial charge >= 0.3 is 0 Å². The minimum Gasteiger partial charge on any atom is -0.321 e. The molecule has 0 aliphatic carbocycles. The third-order valence-corrected chi connectivity index (χ3v) is 3.91. The highest BCUT2D eigenvalue weighted by atomic mass is 32.1. The van der Waals surface area contributed by atoms with Crippen LogP contribution in [0.2, 0.25) is 0 Å². The van der Waals surface area contributed by atoms with Gasteiger partial charge < -0.3 is 5.32 Å². The molecule has 2 heterocycles. The van der Waals surface area contributed by atoms with Crippen molar-refractivity contribution >= 4 is 33.1 Å². The van der Waals surface area contributed by atoms with E-state index in [2.05, 4.69) is 15.4 Å². The molecule has 0 spiro atoms. The first-order valence-corrected chi connectivity index (χ1v) is 7.03. The topological polar surface area (TPSA) is 59.8 Å². The van der Waals surface area contributed by atoms with Crippen LogP contribution in [0.25, 0.3) is 10.2 Å². The van der Waals surface area contributed by atoms with Gasteiger partial charge in [-0.15, -0.1) is 11.3 Å². The zero-order valence-electron chi connectivity index (χ0n) is 11.5. The molecule has 0 bridgehead atoms. The van der Waals surface area contributed by atoms with Gasteiger partial charge in [-0.05, 0) is 32.0 Å². The number of aromatic nitrogens is 3. The summed E-state index contributed by atoms with van der Waals surface area (Å²) in [5.74, 6) is -0.191. The van der Waals surface area contributed by atoms with Gasteiger partial charge in [0.15, 0.2) is 5.69 Å². The van der Waals surface area contributed by atoms with Crippen molar-refractivity contribution in [1.29, 1.82) is 0 Å². The van der Waals surface area contributed by atoms with E-state index in [1.54, 1.807) is 23.1 Å². The number of thiazole rings is 1. The Morgan fingerprint density at radius 1 is 1.35 bits per heavy atom. The maximum Gasteiger partial charge on any atom is 0.276 e. The molecule has 6 heteroatoms. The Bertz CT molecular complexity index is 803. The minimum atomic E-state index is -0.191. The maximum absolute atomic E-state index is 12.2. The number of anilines is 1. The van der Waals surface area contributed by atoms with Crippen LogP contribution in [0.3, 0.4) is 0 Å². The number of rotatable bonds is 2. The van der Waals surface area contributed by atoms with Crippen molar-refractivity contribution in [3.05, 3.63) is 40.7 Å². The number of carbonyl (C=O) groups is 1. The van der Waals surface area contributed by atoms with Crippen LogP contribution >= 0.6 is 11.3 Å². The fourth-order valence-corrected chi connectivity index (χ4v) is 3.01. The first kappa shape index (κ1) is 12.8. The van der Waals surface area contributed by atoms with E-state index in [1.807, 2.05) is 38.2 Å². The van der Waals surface area contributed by atoms with E-state index in [0.717, 1.165) is 26.5 Å². The van der Waals surface area contributed by atoms with Gasteiger partial charge in [0.2, 0.25) is 0 Å². The molecule has 3 aromatic rings. The Kier molecular flexibility index (Phi) is 3.02. The molecular formula is C14H14N4OS. The number of nitrogens with one attached hydrogen (secondary N) is 1. The van der Waals surface area contributed by atoms with E-state index in [4.69, 9.17) is 0 Å². The molecule has 1 amide bonds. The number of amides is 1. The maximum atomic E-state index is 12.2. The molecule has 20 heavy (non-hydrogen) atoms. The quantitative estimate of drug-likeness (QED) is 0.788. The summed E-state index contributed by atoms with van der Waals surface area (Å²) in [5.41, 5.74) is 3.03. The molecule has 0 radical (unpaired) electrons. The Morgan fingerprint density at radius 2 is 2.15 bits per heavy atom. The third-order valence-electron chi connectivity index (χ3n) is 2.98. The average molecular weight is 286 g/mol. The molecule has 0 atom stereocenters. The molecule has 3 rings (SSSR count). The number of nitrogens with zero attached hydrogens (tertiary/aromatic N) is 3. The summed E-state index contributed by atoms with van der Waals surface area (Å²) < 4.78 is 2.71. The molecule has 0 aliphatic rings. The predicted octanol–water partition coefficient (Wildman–Crippen LogP) is 2.90. The molecular weight excluding hydrogens is 272 g/mol. The molecule has 1 N–H and O–H groups in total. The first-order chi connectivity index (χ1) is 9.52. The highest BCUT2D eigenvalue weighted by Crippen LogP contribution is 2.25. The van der Waals surface area contributed by atoms with E-state index in [-0.39, 0.29) is 5.91 Å². The summed E-state index contributed by atoms with van der Waals surface area (Å²) in [7, 11) is 1.80. The highest BCUT2D eigenvalue weighted by molar-refractivity contribution is 7.18. The summed E-state index contributed by atoms with van der Waals surface area (Å²) in [4.78, 5) is 16.6. The molecule has 0 saturated heterocycles. The molecule has 102 valence electrons. The number of hydrogen-bond acceptors (Lipinski definition) is 4. The summed E-state index contributed by atoms with van der Waals surface area (Å²) >= 11 is 1.61. The largest absolute Gasteiger partial charge is 0.321 e. The lowest BCUT2D eigenvalue weighted by molar-refractivity contribution is 0.102. The van der Waals surface area contributed by atoms with Crippen LogP contribution in [0.1, 0.15) is 21.1 Å². The molecule has 0 aliphatic heterocycles. The molecule has 2 aromatic heterocycles. The van der Waals surface area contributed by atoms with Crippen molar-refractivity contribution in [2.45, 2.75) is 13.8 Å². The van der Waals surface area contributed by atoms with Crippen LogP contribution < -0.4 is 5.32 Å². The second-order valence-corrected chi connectivity index (χ2v) is 5.94. The summed E-state index contributed by atoms with van der Waals surface area (Å²) in [6.07, 6.45) is 1.82. The number of hydrogen-bond donors (Lipinski definition) is 1. The lowest BCUT2D eigenvalue weighted by Gasteiger charge is -2.03. The Morgan fingerprint density at radius 3 is 2.85 bits per heavy atom. The smallest absolute Gasteiger partial charge is 0.276 e. The van der Waals surface area contributed by atoms with Gasteiger partial charge in [-0.3, -0.25) is 9.48 Å². The van der Waals surface area contributed by atoms with Crippen molar-refractivity contribution in [1.82, 2.24) is 14.8 Å². The average Bonchev–Trinajstić information content (AvgIpc) is 2.90. The number of fused-ring (bicyclic) bond motifs is 1. The van der Waals surface area contributed by atoms with Crippen molar-refractivity contribution in [3.63, 3.8) is 0 Å². The van der Waals surface area contributed by atoms with Gasteiger partial charge in [-0.2, -0.15) is 5.10 Å². The number of carbonyl (C=O) groups excluding carboxylic acids is 1. The van der Waals surface area contributed by atoms with Gasteiger partial charge in [0, 0.05) is 24.5 Å². The van der Waals surface area contributed by atoms with Crippen LogP contribution in [0.5, 0.6) is 0 Å². The number of benzene rings is 1. The molecule has 0 saturated carbocycles. The monoisotopic (exact) mass is 286 g/mol. The van der Waals surface area contributed by atoms with Gasteiger partial charge in [0.25, 0.3) is 5.91 Å². The SMILES string of the molecule is Cc1nc2ccc(NC(=O)c3nn(C)cc3C)cc2s1. The second kappa shape index (κ2) is 4.72. The van der Waals surface area contributed by atoms with Crippen LogP contribution in [0, 0.1) is 13.8 Å². The highest BCUT2D eigenvalue weighted by Gasteiger charge is 2.13. The van der Waals surface area contributed by atoms with E-state index in [9.17, 15) is 4.79 Å². The van der Waals surface area contributed by atoms with Crippen LogP contribution in [0.15, 0.2) is 24.4 Å². The minimum absolute atomic E-state index is 0.191. The van der Waals surface area contributed by atoms with Crippen LogP contribution in [-0.4, -0.2) is 20.7 Å². The number of aryl methyl sites for hydroxylation is 3. The fourth-order valence-electron chi connectivity index (χ4n) is 2.14. The lowest BCUT2D eigenvalue weighted by atomic mass is 10.2. The van der Waals surface area contributed by atoms with E-state index in [0.29, 0.717) is 5.69 Å². The third kappa shape index (κ3) is 2.30. The summed E-state index contributed by atoms with van der Waals surface area (Å²) in [6, 6.07) is 5.72. The Balaban J connectivity index is 1.88. The van der Waals surface area contributed by atoms with Crippen LogP contribution in [-0.2, 0) is 7.05 Å². The van der Waals surface area contributed by atoms with E-state index in [1.165, 1.54) is 0 Å². The van der Waals surface area contributed by atoms with E-state index >= 15 is 0 Å². The zero-order valence-corrected chi connectivity index (χ0v) is 12.3. The van der Waals surface area contributed by atoms with E-state index < -0.39 is 0 Å². The fraction of sp³-hybridized carbons (Fsp3) is 0.214. The first-order valence-electron chi connectivity index (χ1n) is 6.22. The lowest BCUT2D eigenvalue weighted by Crippen LogP contribution is -2.14. The molecule has 5 nitrogen and oxygen atoms in total. The molecule has 0 fully saturated rings. The summed E-state index contributed by atoms with van der Waals surface area (Å²) in [5, 5.41) is 8.06. The predicted molar refractivity (Wildman–Crippen MR) is 80.3 cm³/mol. The summed E-state index contributed by atoms with van der Waals surface area (Å²) in [6.45, 7) is 3.85. The van der Waals surface area contributed by atoms with Crippen molar-refractivity contribution in [2.24, 2.45) is 7.05 Å². The second-order valence-electron chi connectivity index (χ2n) is 4.70. The van der Waals surface area contributed by atoms with Gasteiger partial charge in [-0.25, -0.2) is 4.98 Å². The van der Waals surface area contributed by atoms with Gasteiger partial charge in [0.1, 0.15) is 0 Å². The molecule has 0 unspecified atom stereocenters. The van der Waals surface area contributed by atoms with Crippen molar-refractivity contribution in [3.8, 4) is 0 Å².